The summed E-state index contributed by atoms with van der Waals surface area (Å²) >= 11 is 5.11. The van der Waals surface area contributed by atoms with Crippen LogP contribution in [0, 0.1) is 4.77 Å². The van der Waals surface area contributed by atoms with E-state index in [1.807, 2.05) is 18.4 Å². The Bertz CT molecular complexity index is 468. The Hall–Kier alpha value is -1.43. The molecule has 0 atom stereocenters. The van der Waals surface area contributed by atoms with Gasteiger partial charge in [-0.05, 0) is 26.1 Å². The van der Waals surface area contributed by atoms with Gasteiger partial charge in [0.05, 0.1) is 0 Å². The molecule has 0 saturated carbocycles. The molecule has 0 saturated heterocycles. The monoisotopic (exact) mass is 210 g/mol. The van der Waals surface area contributed by atoms with Gasteiger partial charge in [0.1, 0.15) is 6.26 Å². The maximum absolute atomic E-state index is 5.11. The van der Waals surface area contributed by atoms with E-state index >= 15 is 0 Å². The number of hydrogen-bond acceptors (Lipinski definition) is 4. The smallest absolute Gasteiger partial charge is 0.195 e. The van der Waals surface area contributed by atoms with Crippen LogP contribution in [0.4, 0.5) is 0 Å². The lowest BCUT2D eigenvalue weighted by molar-refractivity contribution is 0.421. The fraction of sp³-hybridized carbons (Fsp3) is 0.375. The second-order valence-corrected chi connectivity index (χ2v) is 3.59. The molecule has 14 heavy (non-hydrogen) atoms. The third-order valence-corrected chi connectivity index (χ3v) is 2.18. The molecule has 6 heteroatoms. The molecule has 0 aliphatic carbocycles. The van der Waals surface area contributed by atoms with E-state index in [9.17, 15) is 0 Å². The molecule has 0 aliphatic heterocycles. The van der Waals surface area contributed by atoms with Crippen molar-refractivity contribution in [1.29, 1.82) is 0 Å². The summed E-state index contributed by atoms with van der Waals surface area (Å²) in [7, 11) is 0. The van der Waals surface area contributed by atoms with Crippen LogP contribution >= 0.6 is 12.2 Å². The van der Waals surface area contributed by atoms with Crippen molar-refractivity contribution in [3.63, 3.8) is 0 Å². The average Bonchev–Trinajstić information content (AvgIpc) is 2.70. The van der Waals surface area contributed by atoms with Gasteiger partial charge in [0, 0.05) is 12.1 Å². The highest BCUT2D eigenvalue weighted by atomic mass is 32.1. The SMILES string of the molecule is CC(C)n1c(-c2ccon2)n[nH]c1=S. The highest BCUT2D eigenvalue weighted by molar-refractivity contribution is 7.71. The van der Waals surface area contributed by atoms with Gasteiger partial charge in [-0.25, -0.2) is 0 Å². The van der Waals surface area contributed by atoms with Crippen LogP contribution in [-0.2, 0) is 0 Å². The number of nitrogens with zero attached hydrogens (tertiary/aromatic N) is 3. The average molecular weight is 210 g/mol. The molecule has 2 heterocycles. The first-order valence-electron chi connectivity index (χ1n) is 4.28. The van der Waals surface area contributed by atoms with Gasteiger partial charge in [-0.15, -0.1) is 0 Å². The zero-order chi connectivity index (χ0) is 10.1. The van der Waals surface area contributed by atoms with Gasteiger partial charge >= 0.3 is 0 Å². The van der Waals surface area contributed by atoms with Crippen molar-refractivity contribution in [1.82, 2.24) is 19.9 Å². The lowest BCUT2D eigenvalue weighted by Gasteiger charge is -2.07. The molecule has 2 rings (SSSR count). The van der Waals surface area contributed by atoms with Crippen LogP contribution in [0.3, 0.4) is 0 Å². The van der Waals surface area contributed by atoms with Gasteiger partial charge in [-0.3, -0.25) is 9.67 Å². The number of H-pyrrole nitrogens is 1. The largest absolute Gasteiger partial charge is 0.364 e. The normalized spacial score (nSPS) is 11.1. The first-order chi connectivity index (χ1) is 6.70. The minimum Gasteiger partial charge on any atom is -0.364 e. The van der Waals surface area contributed by atoms with E-state index in [0.717, 1.165) is 0 Å². The summed E-state index contributed by atoms with van der Waals surface area (Å²) in [6, 6.07) is 2.00. The molecule has 0 aromatic carbocycles. The molecule has 0 aliphatic rings. The zero-order valence-corrected chi connectivity index (χ0v) is 8.71. The van der Waals surface area contributed by atoms with Crippen LogP contribution in [-0.4, -0.2) is 19.9 Å². The second-order valence-electron chi connectivity index (χ2n) is 3.20. The highest BCUT2D eigenvalue weighted by Gasteiger charge is 2.13. The van der Waals surface area contributed by atoms with Gasteiger partial charge in [-0.2, -0.15) is 5.10 Å². The van der Waals surface area contributed by atoms with Crippen LogP contribution in [0.5, 0.6) is 0 Å². The Morgan fingerprint density at radius 2 is 2.36 bits per heavy atom. The highest BCUT2D eigenvalue weighted by Crippen LogP contribution is 2.18. The molecule has 0 fully saturated rings. The van der Waals surface area contributed by atoms with Crippen LogP contribution in [0.2, 0.25) is 0 Å². The Kier molecular flexibility index (Phi) is 2.20. The van der Waals surface area contributed by atoms with Crippen molar-refractivity contribution < 1.29 is 4.52 Å². The van der Waals surface area contributed by atoms with E-state index in [-0.39, 0.29) is 6.04 Å². The van der Waals surface area contributed by atoms with Crippen molar-refractivity contribution in [3.05, 3.63) is 17.1 Å². The van der Waals surface area contributed by atoms with Gasteiger partial charge in [-0.1, -0.05) is 5.16 Å². The van der Waals surface area contributed by atoms with Gasteiger partial charge < -0.3 is 4.52 Å². The van der Waals surface area contributed by atoms with Crippen molar-refractivity contribution in [2.45, 2.75) is 19.9 Å². The molecule has 0 unspecified atom stereocenters. The summed E-state index contributed by atoms with van der Waals surface area (Å²) in [6.45, 7) is 4.07. The summed E-state index contributed by atoms with van der Waals surface area (Å²) < 4.78 is 7.25. The molecular weight excluding hydrogens is 200 g/mol. The molecular formula is C8H10N4OS. The molecule has 1 N–H and O–H groups in total. The molecule has 2 aromatic heterocycles. The molecule has 2 aromatic rings. The maximum atomic E-state index is 5.11. The zero-order valence-electron chi connectivity index (χ0n) is 7.89. The molecule has 5 nitrogen and oxygen atoms in total. The quantitative estimate of drug-likeness (QED) is 0.772. The fourth-order valence-corrected chi connectivity index (χ4v) is 1.64. The standard InChI is InChI=1S/C8H10N4OS/c1-5(2)12-7(9-10-8(12)14)6-3-4-13-11-6/h3-5H,1-2H3,(H,10,14). The van der Waals surface area contributed by atoms with E-state index in [0.29, 0.717) is 16.3 Å². The summed E-state index contributed by atoms with van der Waals surface area (Å²) in [5.74, 6) is 0.707. The topological polar surface area (TPSA) is 59.6 Å². The first-order valence-corrected chi connectivity index (χ1v) is 4.68. The lowest BCUT2D eigenvalue weighted by Crippen LogP contribution is -2.03. The van der Waals surface area contributed by atoms with Crippen molar-refractivity contribution in [2.24, 2.45) is 0 Å². The Morgan fingerprint density at radius 3 is 2.93 bits per heavy atom. The van der Waals surface area contributed by atoms with E-state index < -0.39 is 0 Å². The summed E-state index contributed by atoms with van der Waals surface area (Å²) in [5, 5.41) is 10.7. The number of aromatic nitrogens is 4. The minimum atomic E-state index is 0.243. The van der Waals surface area contributed by atoms with Crippen LogP contribution in [0.1, 0.15) is 19.9 Å². The number of rotatable bonds is 2. The minimum absolute atomic E-state index is 0.243. The van der Waals surface area contributed by atoms with E-state index in [1.54, 1.807) is 6.07 Å². The van der Waals surface area contributed by atoms with Crippen LogP contribution in [0.15, 0.2) is 16.9 Å². The summed E-state index contributed by atoms with van der Waals surface area (Å²) in [4.78, 5) is 0. The van der Waals surface area contributed by atoms with Gasteiger partial charge in [0.25, 0.3) is 0 Å². The van der Waals surface area contributed by atoms with Crippen LogP contribution in [0.25, 0.3) is 11.5 Å². The predicted molar refractivity (Wildman–Crippen MR) is 53.3 cm³/mol. The Labute approximate surface area is 85.7 Å². The maximum Gasteiger partial charge on any atom is 0.195 e. The number of aromatic amines is 1. The Balaban J connectivity index is 2.60. The lowest BCUT2D eigenvalue weighted by atomic mass is 10.3. The number of hydrogen-bond donors (Lipinski definition) is 1. The van der Waals surface area contributed by atoms with Crippen LogP contribution < -0.4 is 0 Å². The van der Waals surface area contributed by atoms with Crippen molar-refractivity contribution >= 4 is 12.2 Å². The molecule has 0 radical (unpaired) electrons. The van der Waals surface area contributed by atoms with E-state index in [1.165, 1.54) is 6.26 Å². The van der Waals surface area contributed by atoms with Gasteiger partial charge in [0.15, 0.2) is 16.3 Å². The van der Waals surface area contributed by atoms with E-state index in [2.05, 4.69) is 15.4 Å². The summed E-state index contributed by atoms with van der Waals surface area (Å²) in [6.07, 6.45) is 1.51. The van der Waals surface area contributed by atoms with Crippen molar-refractivity contribution in [3.8, 4) is 11.5 Å². The van der Waals surface area contributed by atoms with Gasteiger partial charge in [0.2, 0.25) is 0 Å². The van der Waals surface area contributed by atoms with E-state index in [4.69, 9.17) is 16.7 Å². The second kappa shape index (κ2) is 3.38. The third-order valence-electron chi connectivity index (χ3n) is 1.89. The molecule has 0 bridgehead atoms. The Morgan fingerprint density at radius 1 is 1.57 bits per heavy atom. The summed E-state index contributed by atoms with van der Waals surface area (Å²) in [5.41, 5.74) is 0.686. The number of nitrogens with one attached hydrogen (secondary N) is 1. The predicted octanol–water partition coefficient (Wildman–Crippen LogP) is 2.18. The molecule has 0 amide bonds. The fourth-order valence-electron chi connectivity index (χ4n) is 1.29. The molecule has 74 valence electrons. The molecule has 0 spiro atoms. The first kappa shape index (κ1) is 9.14. The third kappa shape index (κ3) is 1.37. The van der Waals surface area contributed by atoms with Crippen molar-refractivity contribution in [2.75, 3.05) is 0 Å².